The van der Waals surface area contributed by atoms with Gasteiger partial charge in [-0.15, -0.1) is 0 Å². The van der Waals surface area contributed by atoms with E-state index >= 15 is 0 Å². The van der Waals surface area contributed by atoms with E-state index in [4.69, 9.17) is 4.74 Å². The molecule has 0 spiro atoms. The van der Waals surface area contributed by atoms with E-state index in [-0.39, 0.29) is 29.8 Å². The Morgan fingerprint density at radius 2 is 1.32 bits per heavy atom. The van der Waals surface area contributed by atoms with Crippen LogP contribution in [0.5, 0.6) is 0 Å². The van der Waals surface area contributed by atoms with Gasteiger partial charge < -0.3 is 39.3 Å². The topological polar surface area (TPSA) is 115 Å². The second kappa shape index (κ2) is 11.5. The van der Waals surface area contributed by atoms with E-state index in [9.17, 15) is 19.2 Å². The van der Waals surface area contributed by atoms with Gasteiger partial charge in [-0.25, -0.2) is 19.2 Å². The highest BCUT2D eigenvalue weighted by atomic mass is 16.6. The third-order valence-corrected chi connectivity index (χ3v) is 5.19. The quantitative estimate of drug-likeness (QED) is 0.583. The molecular formula is C19H36N6O6. The Balaban J connectivity index is 0.000000208. The van der Waals surface area contributed by atoms with Gasteiger partial charge >= 0.3 is 24.2 Å². The molecule has 0 aromatic carbocycles. The van der Waals surface area contributed by atoms with Crippen LogP contribution in [0.25, 0.3) is 0 Å². The zero-order valence-electron chi connectivity index (χ0n) is 19.6. The largest absolute Gasteiger partial charge is 0.448 e. The number of nitrogens with zero attached hydrogens (tertiary/aromatic N) is 5. The Kier molecular flexibility index (Phi) is 9.66. The van der Waals surface area contributed by atoms with Crippen molar-refractivity contribution in [2.45, 2.75) is 19.4 Å². The molecule has 0 aliphatic carbocycles. The van der Waals surface area contributed by atoms with Gasteiger partial charge in [-0.2, -0.15) is 0 Å². The molecule has 4 aliphatic rings. The molecule has 0 atom stereocenters. The molecular weight excluding hydrogens is 408 g/mol. The van der Waals surface area contributed by atoms with E-state index in [1.807, 2.05) is 27.9 Å². The summed E-state index contributed by atoms with van der Waals surface area (Å²) in [4.78, 5) is 50.3. The van der Waals surface area contributed by atoms with Crippen LogP contribution in [-0.2, 0) is 9.47 Å². The predicted octanol–water partition coefficient (Wildman–Crippen LogP) is 0.540. The summed E-state index contributed by atoms with van der Waals surface area (Å²) < 4.78 is 9.32. The van der Waals surface area contributed by atoms with Gasteiger partial charge in [0.15, 0.2) is 0 Å². The fraction of sp³-hybridized carbons (Fsp3) is 0.789. The van der Waals surface area contributed by atoms with Gasteiger partial charge in [0.05, 0.1) is 12.1 Å². The highest BCUT2D eigenvalue weighted by molar-refractivity contribution is 5.76. The second-order valence-corrected chi connectivity index (χ2v) is 8.24. The molecule has 4 rings (SSSR count). The molecule has 4 aliphatic heterocycles. The molecule has 12 nitrogen and oxygen atoms in total. The van der Waals surface area contributed by atoms with Crippen LogP contribution < -0.4 is 5.32 Å². The van der Waals surface area contributed by atoms with Crippen molar-refractivity contribution in [3.05, 3.63) is 0 Å². The maximum Gasteiger partial charge on any atom is 0.410 e. The van der Waals surface area contributed by atoms with Gasteiger partial charge in [0.25, 0.3) is 0 Å². The highest BCUT2D eigenvalue weighted by Crippen LogP contribution is 2.20. The van der Waals surface area contributed by atoms with Crippen molar-refractivity contribution in [2.75, 3.05) is 81.2 Å². The van der Waals surface area contributed by atoms with Crippen molar-refractivity contribution in [1.82, 2.24) is 29.8 Å². The molecule has 12 heteroatoms. The van der Waals surface area contributed by atoms with Gasteiger partial charge in [-0.05, 0) is 13.8 Å². The average Bonchev–Trinajstić information content (AvgIpc) is 3.43. The number of carbonyl (C=O) groups excluding carboxylic acids is 4. The standard InChI is InChI=1S/C6H11NO2.C5H10N2O.C4H8N2O.C4H7NO2/c1-6(2)4-9-5(8)7(6)3;1-6-3-4-7(2)5(6)8;1-6-3-2-5-4(6)7;1-5-2-3-7-4(5)6/h4H2,1-3H3;3-4H2,1-2H3;2-3H2,1H3,(H,5,7);2-3H2,1H3. The van der Waals surface area contributed by atoms with Gasteiger partial charge in [0.2, 0.25) is 0 Å². The average molecular weight is 445 g/mol. The van der Waals surface area contributed by atoms with Crippen LogP contribution in [0, 0.1) is 0 Å². The van der Waals surface area contributed by atoms with Crippen molar-refractivity contribution < 1.29 is 28.7 Å². The minimum atomic E-state index is -0.222. The van der Waals surface area contributed by atoms with E-state index in [0.29, 0.717) is 13.2 Å². The molecule has 0 saturated carbocycles. The van der Waals surface area contributed by atoms with Crippen LogP contribution in [0.2, 0.25) is 0 Å². The zero-order valence-corrected chi connectivity index (χ0v) is 19.6. The fourth-order valence-corrected chi connectivity index (χ4v) is 2.50. The number of rotatable bonds is 0. The minimum absolute atomic E-state index is 0.0417. The summed E-state index contributed by atoms with van der Waals surface area (Å²) in [5.74, 6) is 0. The Hall–Kier alpha value is -2.92. The van der Waals surface area contributed by atoms with E-state index in [2.05, 4.69) is 10.1 Å². The molecule has 4 fully saturated rings. The van der Waals surface area contributed by atoms with Crippen molar-refractivity contribution >= 4 is 24.2 Å². The number of amides is 6. The SMILES string of the molecule is CN1C(=O)OCC1(C)C.CN1CCN(C)C1=O.CN1CCNC1=O.CN1CCOC1=O. The Morgan fingerprint density at radius 3 is 1.45 bits per heavy atom. The number of hydrogen-bond donors (Lipinski definition) is 1. The molecule has 178 valence electrons. The van der Waals surface area contributed by atoms with Crippen LogP contribution in [0.1, 0.15) is 13.8 Å². The highest BCUT2D eigenvalue weighted by Gasteiger charge is 2.36. The summed E-state index contributed by atoms with van der Waals surface area (Å²) in [6.45, 7) is 9.12. The third kappa shape index (κ3) is 8.02. The number of urea groups is 2. The summed E-state index contributed by atoms with van der Waals surface area (Å²) in [5.41, 5.74) is -0.114. The number of ether oxygens (including phenoxy) is 2. The summed E-state index contributed by atoms with van der Waals surface area (Å²) in [5, 5.41) is 2.66. The summed E-state index contributed by atoms with van der Waals surface area (Å²) >= 11 is 0. The second-order valence-electron chi connectivity index (χ2n) is 8.24. The predicted molar refractivity (Wildman–Crippen MR) is 114 cm³/mol. The lowest BCUT2D eigenvalue weighted by atomic mass is 10.1. The van der Waals surface area contributed by atoms with Crippen LogP contribution >= 0.6 is 0 Å². The van der Waals surface area contributed by atoms with Crippen LogP contribution in [0.3, 0.4) is 0 Å². The number of carbonyl (C=O) groups is 4. The molecule has 0 radical (unpaired) electrons. The molecule has 0 unspecified atom stereocenters. The van der Waals surface area contributed by atoms with E-state index in [1.54, 1.807) is 45.6 Å². The van der Waals surface area contributed by atoms with Gasteiger partial charge in [-0.3, -0.25) is 0 Å². The maximum atomic E-state index is 10.8. The Morgan fingerprint density at radius 1 is 0.742 bits per heavy atom. The monoisotopic (exact) mass is 444 g/mol. The number of cyclic esters (lactones) is 2. The van der Waals surface area contributed by atoms with Gasteiger partial charge in [0, 0.05) is 61.4 Å². The fourth-order valence-electron chi connectivity index (χ4n) is 2.50. The van der Waals surface area contributed by atoms with Crippen molar-refractivity contribution in [1.29, 1.82) is 0 Å². The molecule has 0 aromatic rings. The summed E-state index contributed by atoms with van der Waals surface area (Å²) in [6, 6.07) is 0.171. The Bertz CT molecular complexity index is 622. The summed E-state index contributed by atoms with van der Waals surface area (Å²) in [7, 11) is 8.87. The first-order valence-corrected chi connectivity index (χ1v) is 10.1. The van der Waals surface area contributed by atoms with E-state index in [0.717, 1.165) is 32.7 Å². The van der Waals surface area contributed by atoms with Crippen LogP contribution in [0.4, 0.5) is 19.2 Å². The molecule has 6 amide bonds. The lowest BCUT2D eigenvalue weighted by Crippen LogP contribution is -2.38. The number of nitrogens with one attached hydrogen (secondary N) is 1. The minimum Gasteiger partial charge on any atom is -0.448 e. The first kappa shape index (κ1) is 26.1. The molecule has 1 N–H and O–H groups in total. The molecule has 0 bridgehead atoms. The Labute approximate surface area is 184 Å². The third-order valence-electron chi connectivity index (χ3n) is 5.19. The van der Waals surface area contributed by atoms with Gasteiger partial charge in [0.1, 0.15) is 13.2 Å². The maximum absolute atomic E-state index is 10.8. The molecule has 0 aromatic heterocycles. The normalized spacial score (nSPS) is 21.5. The number of hydrogen-bond acceptors (Lipinski definition) is 6. The van der Waals surface area contributed by atoms with Crippen molar-refractivity contribution in [2.24, 2.45) is 0 Å². The lowest BCUT2D eigenvalue weighted by molar-refractivity contribution is 0.162. The first-order chi connectivity index (χ1) is 14.4. The molecule has 31 heavy (non-hydrogen) atoms. The first-order valence-electron chi connectivity index (χ1n) is 10.1. The van der Waals surface area contributed by atoms with Crippen LogP contribution in [0.15, 0.2) is 0 Å². The zero-order chi connectivity index (χ0) is 23.8. The molecule has 4 heterocycles. The van der Waals surface area contributed by atoms with Crippen molar-refractivity contribution in [3.63, 3.8) is 0 Å². The van der Waals surface area contributed by atoms with Crippen LogP contribution in [-0.4, -0.2) is 135 Å². The van der Waals surface area contributed by atoms with Crippen molar-refractivity contribution in [3.8, 4) is 0 Å². The lowest BCUT2D eigenvalue weighted by Gasteiger charge is -2.22. The van der Waals surface area contributed by atoms with E-state index in [1.165, 1.54) is 0 Å². The molecule has 4 saturated heterocycles. The number of likely N-dealkylation sites (N-methyl/N-ethyl adjacent to an activating group) is 5. The van der Waals surface area contributed by atoms with Gasteiger partial charge in [-0.1, -0.05) is 0 Å². The van der Waals surface area contributed by atoms with E-state index < -0.39 is 0 Å². The summed E-state index contributed by atoms with van der Waals surface area (Å²) in [6.07, 6.45) is -0.431. The smallest absolute Gasteiger partial charge is 0.410 e.